The minimum atomic E-state index is -2.96. The lowest BCUT2D eigenvalue weighted by Gasteiger charge is -2.28. The smallest absolute Gasteiger partial charge is 0.404 e. The third kappa shape index (κ3) is 5.47. The molecule has 0 bridgehead atoms. The van der Waals surface area contributed by atoms with E-state index < -0.39 is 49.5 Å². The first kappa shape index (κ1) is 28.5. The molecule has 0 aliphatic carbocycles. The van der Waals surface area contributed by atoms with Crippen LogP contribution in [0.25, 0.3) is 16.8 Å². The fourth-order valence-corrected chi connectivity index (χ4v) is 4.64. The number of hydrogen-bond donors (Lipinski definition) is 2. The Morgan fingerprint density at radius 3 is 2.45 bits per heavy atom. The highest BCUT2D eigenvalue weighted by molar-refractivity contribution is 6.32. The number of halogens is 5. The molecule has 2 atom stereocenters. The highest BCUT2D eigenvalue weighted by Crippen LogP contribution is 2.35. The number of nitrogens with zero attached hydrogens (tertiary/aromatic N) is 7. The van der Waals surface area contributed by atoms with Crippen molar-refractivity contribution in [1.82, 2.24) is 29.4 Å². The van der Waals surface area contributed by atoms with Gasteiger partial charge >= 0.3 is 12.6 Å². The molecule has 1 aliphatic rings. The summed E-state index contributed by atoms with van der Waals surface area (Å²) in [5.74, 6) is -1.47. The Morgan fingerprint density at radius 2 is 1.81 bits per heavy atom. The summed E-state index contributed by atoms with van der Waals surface area (Å²) in [4.78, 5) is 34.1. The average Bonchev–Trinajstić information content (AvgIpc) is 3.70. The van der Waals surface area contributed by atoms with Crippen molar-refractivity contribution in [3.63, 3.8) is 0 Å². The van der Waals surface area contributed by atoms with E-state index in [2.05, 4.69) is 20.2 Å². The van der Waals surface area contributed by atoms with Crippen molar-refractivity contribution in [3.05, 3.63) is 83.2 Å². The number of ether oxygens (including phenoxy) is 1. The second kappa shape index (κ2) is 11.5. The van der Waals surface area contributed by atoms with E-state index in [4.69, 9.17) is 27.8 Å². The Labute approximate surface area is 239 Å². The molecule has 0 unspecified atom stereocenters. The zero-order valence-corrected chi connectivity index (χ0v) is 21.9. The number of carbonyl (C=O) groups is 2. The number of rotatable bonds is 9. The second-order valence-electron chi connectivity index (χ2n) is 8.89. The minimum absolute atomic E-state index is 0.0236. The van der Waals surface area contributed by atoms with E-state index in [1.807, 2.05) is 0 Å². The molecule has 4 N–H and O–H groups in total. The van der Waals surface area contributed by atoms with E-state index in [-0.39, 0.29) is 22.2 Å². The summed E-state index contributed by atoms with van der Waals surface area (Å²) in [6.07, 6.45) is -0.682. The van der Waals surface area contributed by atoms with Crippen LogP contribution in [-0.4, -0.2) is 54.0 Å². The quantitative estimate of drug-likeness (QED) is 0.271. The van der Waals surface area contributed by atoms with E-state index in [0.29, 0.717) is 21.4 Å². The van der Waals surface area contributed by atoms with Crippen LogP contribution in [0.2, 0.25) is 5.02 Å². The molecule has 2 aromatic carbocycles. The van der Waals surface area contributed by atoms with Gasteiger partial charge in [0.25, 0.3) is 12.3 Å². The molecule has 3 heterocycles. The van der Waals surface area contributed by atoms with E-state index in [0.717, 1.165) is 15.9 Å². The highest BCUT2D eigenvalue weighted by atomic mass is 35.5. The van der Waals surface area contributed by atoms with Crippen molar-refractivity contribution in [2.24, 2.45) is 16.5 Å². The standard InChI is InChI=1S/C25H20ClF4N9O3/c26-16-6-5-14(7-17(16)39-21(20(27)28)33-11-35-39)18(10-42-25(32)41)38-22(40)19(36-24(38)31)13-3-1-12(2-4-13)15-8-34-37(9-15)23(29)30/h1-9,11,18-20,23H,10H2,(H2,31,36)(H2,32,41)/t18-,19-/m1/s1. The van der Waals surface area contributed by atoms with Gasteiger partial charge in [0, 0.05) is 11.8 Å². The molecule has 2 aromatic heterocycles. The normalized spacial score (nSPS) is 15.9. The lowest BCUT2D eigenvalue weighted by Crippen LogP contribution is -2.43. The monoisotopic (exact) mass is 605 g/mol. The fraction of sp³-hybridized carbons (Fsp3) is 0.200. The molecule has 5 rings (SSSR count). The number of aliphatic imine (C=N–C) groups is 1. The number of benzene rings is 2. The van der Waals surface area contributed by atoms with Gasteiger partial charge in [0.2, 0.25) is 0 Å². The number of carbonyl (C=O) groups excluding carboxylic acids is 2. The fourth-order valence-electron chi connectivity index (χ4n) is 4.44. The molecule has 12 nitrogen and oxygen atoms in total. The summed E-state index contributed by atoms with van der Waals surface area (Å²) in [6, 6.07) is 8.47. The Kier molecular flexibility index (Phi) is 7.80. The molecule has 0 fully saturated rings. The van der Waals surface area contributed by atoms with Crippen LogP contribution in [0.15, 0.2) is 66.2 Å². The van der Waals surface area contributed by atoms with Crippen LogP contribution in [0.4, 0.5) is 22.4 Å². The van der Waals surface area contributed by atoms with Gasteiger partial charge in [-0.3, -0.25) is 9.69 Å². The van der Waals surface area contributed by atoms with E-state index in [1.165, 1.54) is 30.6 Å². The Hall–Kier alpha value is -4.99. The van der Waals surface area contributed by atoms with E-state index in [1.54, 1.807) is 24.3 Å². The maximum atomic E-state index is 13.6. The summed E-state index contributed by atoms with van der Waals surface area (Å²) >= 11 is 6.28. The largest absolute Gasteiger partial charge is 0.447 e. The zero-order valence-electron chi connectivity index (χ0n) is 21.2. The SMILES string of the molecule is NC(=O)OC[C@H](c1ccc(Cl)c(-n2ncnc2C(F)F)c1)N1C(=O)[C@@H](c2ccc(-c3cnn(C(F)F)c3)cc2)N=C1N. The van der Waals surface area contributed by atoms with Crippen LogP contribution < -0.4 is 11.5 Å². The average molecular weight is 606 g/mol. The summed E-state index contributed by atoms with van der Waals surface area (Å²) in [7, 11) is 0. The van der Waals surface area contributed by atoms with Crippen LogP contribution in [0.3, 0.4) is 0 Å². The molecular weight excluding hydrogens is 586 g/mol. The van der Waals surface area contributed by atoms with Gasteiger partial charge in [-0.25, -0.2) is 32.9 Å². The number of hydrogen-bond acceptors (Lipinski definition) is 8. The van der Waals surface area contributed by atoms with E-state index in [9.17, 15) is 27.2 Å². The van der Waals surface area contributed by atoms with Crippen LogP contribution in [-0.2, 0) is 9.53 Å². The summed E-state index contributed by atoms with van der Waals surface area (Å²) in [5, 5.41) is 7.49. The van der Waals surface area contributed by atoms with Crippen molar-refractivity contribution < 1.29 is 31.9 Å². The summed E-state index contributed by atoms with van der Waals surface area (Å²) in [5.41, 5.74) is 13.1. The predicted octanol–water partition coefficient (Wildman–Crippen LogP) is 4.15. The number of aromatic nitrogens is 5. The molecule has 0 saturated carbocycles. The Morgan fingerprint density at radius 1 is 1.07 bits per heavy atom. The lowest BCUT2D eigenvalue weighted by molar-refractivity contribution is -0.129. The maximum absolute atomic E-state index is 13.6. The molecule has 0 radical (unpaired) electrons. The van der Waals surface area contributed by atoms with Crippen LogP contribution >= 0.6 is 11.6 Å². The van der Waals surface area contributed by atoms with Crippen molar-refractivity contribution >= 4 is 29.6 Å². The first-order valence-corrected chi connectivity index (χ1v) is 12.4. The molecule has 42 heavy (non-hydrogen) atoms. The number of alkyl halides is 4. The number of primary amides is 1. The van der Waals surface area contributed by atoms with Crippen molar-refractivity contribution in [3.8, 4) is 16.8 Å². The van der Waals surface area contributed by atoms with Gasteiger partial charge in [-0.2, -0.15) is 19.0 Å². The molecule has 218 valence electrons. The third-order valence-corrected chi connectivity index (χ3v) is 6.71. The number of amides is 2. The number of nitrogens with two attached hydrogens (primary N) is 2. The van der Waals surface area contributed by atoms with Gasteiger partial charge in [-0.1, -0.05) is 41.9 Å². The molecule has 0 saturated heterocycles. The van der Waals surface area contributed by atoms with Gasteiger partial charge in [-0.05, 0) is 28.8 Å². The van der Waals surface area contributed by atoms with Crippen LogP contribution in [0, 0.1) is 0 Å². The van der Waals surface area contributed by atoms with Gasteiger partial charge in [-0.15, -0.1) is 0 Å². The van der Waals surface area contributed by atoms with Gasteiger partial charge in [0.1, 0.15) is 12.9 Å². The van der Waals surface area contributed by atoms with Crippen molar-refractivity contribution in [1.29, 1.82) is 0 Å². The van der Waals surface area contributed by atoms with Crippen LogP contribution in [0.5, 0.6) is 0 Å². The topological polar surface area (TPSA) is 160 Å². The second-order valence-corrected chi connectivity index (χ2v) is 9.30. The molecular formula is C25H20ClF4N9O3. The van der Waals surface area contributed by atoms with E-state index >= 15 is 0 Å². The number of guanidine groups is 1. The Balaban J connectivity index is 1.46. The highest BCUT2D eigenvalue weighted by Gasteiger charge is 2.40. The third-order valence-electron chi connectivity index (χ3n) is 6.39. The maximum Gasteiger partial charge on any atom is 0.404 e. The lowest BCUT2D eigenvalue weighted by atomic mass is 10.0. The summed E-state index contributed by atoms with van der Waals surface area (Å²) < 4.78 is 59.1. The first-order chi connectivity index (χ1) is 20.0. The van der Waals surface area contributed by atoms with Gasteiger partial charge < -0.3 is 16.2 Å². The minimum Gasteiger partial charge on any atom is -0.447 e. The first-order valence-electron chi connectivity index (χ1n) is 12.0. The van der Waals surface area contributed by atoms with Gasteiger partial charge in [0.15, 0.2) is 17.8 Å². The molecule has 0 spiro atoms. The molecule has 2 amide bonds. The molecule has 4 aromatic rings. The summed E-state index contributed by atoms with van der Waals surface area (Å²) in [6.45, 7) is -3.25. The van der Waals surface area contributed by atoms with Crippen molar-refractivity contribution in [2.45, 2.75) is 25.1 Å². The van der Waals surface area contributed by atoms with Gasteiger partial charge in [0.05, 0.1) is 22.9 Å². The van der Waals surface area contributed by atoms with Crippen LogP contribution in [0.1, 0.15) is 42.0 Å². The predicted molar refractivity (Wildman–Crippen MR) is 140 cm³/mol. The zero-order chi connectivity index (χ0) is 30.1. The Bertz CT molecular complexity index is 1660. The van der Waals surface area contributed by atoms with Crippen molar-refractivity contribution in [2.75, 3.05) is 6.61 Å². The molecule has 1 aliphatic heterocycles. The molecule has 17 heteroatoms.